The Balaban J connectivity index is 2.52. The molecule has 0 aliphatic carbocycles. The van der Waals surface area contributed by atoms with Crippen LogP contribution in [0.2, 0.25) is 0 Å². The Morgan fingerprint density at radius 3 is 2.56 bits per heavy atom. The molecule has 0 saturated carbocycles. The number of halogens is 3. The van der Waals surface area contributed by atoms with E-state index in [-0.39, 0.29) is 11.9 Å². The van der Waals surface area contributed by atoms with Gasteiger partial charge in [0.1, 0.15) is 5.82 Å². The van der Waals surface area contributed by atoms with E-state index in [1.54, 1.807) is 17.4 Å². The number of hydrogen-bond donors (Lipinski definition) is 1. The van der Waals surface area contributed by atoms with E-state index in [0.717, 1.165) is 13.1 Å². The van der Waals surface area contributed by atoms with Crippen LogP contribution in [-0.4, -0.2) is 7.05 Å². The summed E-state index contributed by atoms with van der Waals surface area (Å²) in [7, 11) is 1.84. The fourth-order valence-corrected chi connectivity index (χ4v) is 4.10. The summed E-state index contributed by atoms with van der Waals surface area (Å²) in [5, 5.41) is 3.18. The smallest absolute Gasteiger partial charge is 0.129 e. The standard InChI is InChI=1S/C13H12Br2FNS/c1-7-6-10(18-13(7)15)12(17-2)11-8(14)4-3-5-9(11)16/h3-6,12,17H,1-2H3. The maximum atomic E-state index is 14.0. The van der Waals surface area contributed by atoms with E-state index in [2.05, 4.69) is 43.2 Å². The van der Waals surface area contributed by atoms with Gasteiger partial charge in [-0.15, -0.1) is 11.3 Å². The van der Waals surface area contributed by atoms with Crippen molar-refractivity contribution in [1.82, 2.24) is 5.32 Å². The number of thiophene rings is 1. The predicted octanol–water partition coefficient (Wildman–Crippen LogP) is 5.03. The molecule has 1 N–H and O–H groups in total. The molecule has 2 rings (SSSR count). The van der Waals surface area contributed by atoms with Crippen LogP contribution >= 0.6 is 43.2 Å². The second-order valence-corrected chi connectivity index (χ2v) is 7.22. The van der Waals surface area contributed by atoms with Gasteiger partial charge in [0.2, 0.25) is 0 Å². The largest absolute Gasteiger partial charge is 0.309 e. The van der Waals surface area contributed by atoms with Crippen LogP contribution in [0.4, 0.5) is 4.39 Å². The molecule has 0 saturated heterocycles. The first-order valence-corrected chi connectivity index (χ1v) is 7.82. The van der Waals surface area contributed by atoms with E-state index in [4.69, 9.17) is 0 Å². The lowest BCUT2D eigenvalue weighted by Gasteiger charge is -2.17. The van der Waals surface area contributed by atoms with Crippen LogP contribution in [0.3, 0.4) is 0 Å². The summed E-state index contributed by atoms with van der Waals surface area (Å²) >= 11 is 8.56. The van der Waals surface area contributed by atoms with Gasteiger partial charge < -0.3 is 5.32 Å². The van der Waals surface area contributed by atoms with Crippen molar-refractivity contribution in [2.45, 2.75) is 13.0 Å². The third kappa shape index (κ3) is 2.69. The Labute approximate surface area is 127 Å². The lowest BCUT2D eigenvalue weighted by atomic mass is 10.0. The molecule has 18 heavy (non-hydrogen) atoms. The maximum absolute atomic E-state index is 14.0. The van der Waals surface area contributed by atoms with E-state index in [1.165, 1.54) is 11.6 Å². The third-order valence-electron chi connectivity index (χ3n) is 2.74. The van der Waals surface area contributed by atoms with Gasteiger partial charge in [-0.1, -0.05) is 22.0 Å². The average molecular weight is 393 g/mol. The minimum absolute atomic E-state index is 0.143. The molecule has 5 heteroatoms. The number of aryl methyl sites for hydroxylation is 1. The van der Waals surface area contributed by atoms with Crippen molar-refractivity contribution in [3.05, 3.63) is 54.3 Å². The van der Waals surface area contributed by atoms with Gasteiger partial charge in [0.15, 0.2) is 0 Å². The molecule has 0 fully saturated rings. The average Bonchev–Trinajstić information content (AvgIpc) is 2.64. The zero-order valence-corrected chi connectivity index (χ0v) is 13.9. The van der Waals surface area contributed by atoms with E-state index in [0.29, 0.717) is 5.56 Å². The van der Waals surface area contributed by atoms with Crippen molar-refractivity contribution in [2.75, 3.05) is 7.05 Å². The van der Waals surface area contributed by atoms with Gasteiger partial charge in [-0.2, -0.15) is 0 Å². The van der Waals surface area contributed by atoms with Gasteiger partial charge in [0.05, 0.1) is 9.83 Å². The van der Waals surface area contributed by atoms with Crippen LogP contribution in [0.15, 0.2) is 32.5 Å². The van der Waals surface area contributed by atoms with Crippen LogP contribution in [0.5, 0.6) is 0 Å². The lowest BCUT2D eigenvalue weighted by molar-refractivity contribution is 0.577. The van der Waals surface area contributed by atoms with Crippen molar-refractivity contribution >= 4 is 43.2 Å². The van der Waals surface area contributed by atoms with Crippen molar-refractivity contribution < 1.29 is 4.39 Å². The Bertz CT molecular complexity index is 528. The molecule has 0 bridgehead atoms. The molecule has 2 aromatic rings. The zero-order valence-electron chi connectivity index (χ0n) is 9.93. The molecule has 0 aliphatic heterocycles. The molecule has 0 aliphatic rings. The molecule has 0 amide bonds. The summed E-state index contributed by atoms with van der Waals surface area (Å²) in [6.45, 7) is 2.03. The first kappa shape index (κ1) is 14.2. The number of hydrogen-bond acceptors (Lipinski definition) is 2. The first-order valence-electron chi connectivity index (χ1n) is 5.41. The molecular formula is C13H12Br2FNS. The van der Waals surface area contributed by atoms with Gasteiger partial charge in [0, 0.05) is 14.9 Å². The predicted molar refractivity (Wildman–Crippen MR) is 81.8 cm³/mol. The summed E-state index contributed by atoms with van der Waals surface area (Å²) in [4.78, 5) is 1.09. The van der Waals surface area contributed by atoms with Gasteiger partial charge >= 0.3 is 0 Å². The molecule has 1 aromatic heterocycles. The first-order chi connectivity index (χ1) is 8.54. The molecule has 0 radical (unpaired) electrons. The van der Waals surface area contributed by atoms with Gasteiger partial charge in [-0.25, -0.2) is 4.39 Å². The van der Waals surface area contributed by atoms with Crippen LogP contribution in [0.1, 0.15) is 22.0 Å². The van der Waals surface area contributed by atoms with Crippen LogP contribution in [0, 0.1) is 12.7 Å². The Morgan fingerprint density at radius 1 is 1.33 bits per heavy atom. The van der Waals surface area contributed by atoms with Gasteiger partial charge in [-0.05, 0) is 53.7 Å². The molecule has 96 valence electrons. The summed E-state index contributed by atoms with van der Waals surface area (Å²) < 4.78 is 15.9. The lowest BCUT2D eigenvalue weighted by Crippen LogP contribution is -2.18. The third-order valence-corrected chi connectivity index (χ3v) is 5.63. The summed E-state index contributed by atoms with van der Waals surface area (Å²) in [5.74, 6) is -0.203. The molecular weight excluding hydrogens is 381 g/mol. The van der Waals surface area contributed by atoms with Crippen molar-refractivity contribution in [3.8, 4) is 0 Å². The van der Waals surface area contributed by atoms with E-state index in [1.807, 2.05) is 20.0 Å². The van der Waals surface area contributed by atoms with E-state index >= 15 is 0 Å². The minimum atomic E-state index is -0.203. The molecule has 0 spiro atoms. The fourth-order valence-electron chi connectivity index (χ4n) is 1.84. The van der Waals surface area contributed by atoms with Crippen molar-refractivity contribution in [1.29, 1.82) is 0 Å². The Kier molecular flexibility index (Phi) is 4.59. The van der Waals surface area contributed by atoms with Crippen LogP contribution in [-0.2, 0) is 0 Å². The van der Waals surface area contributed by atoms with Gasteiger partial charge in [0.25, 0.3) is 0 Å². The van der Waals surface area contributed by atoms with Crippen LogP contribution in [0.25, 0.3) is 0 Å². The number of rotatable bonds is 3. The quantitative estimate of drug-likeness (QED) is 0.772. The van der Waals surface area contributed by atoms with Crippen molar-refractivity contribution in [3.63, 3.8) is 0 Å². The van der Waals surface area contributed by atoms with Crippen LogP contribution < -0.4 is 5.32 Å². The molecule has 1 aromatic carbocycles. The zero-order chi connectivity index (χ0) is 13.3. The highest BCUT2D eigenvalue weighted by atomic mass is 79.9. The molecule has 1 unspecified atom stereocenters. The highest BCUT2D eigenvalue weighted by Gasteiger charge is 2.21. The highest BCUT2D eigenvalue weighted by molar-refractivity contribution is 9.11. The fraction of sp³-hybridized carbons (Fsp3) is 0.231. The van der Waals surface area contributed by atoms with Gasteiger partial charge in [-0.3, -0.25) is 0 Å². The topological polar surface area (TPSA) is 12.0 Å². The van der Waals surface area contributed by atoms with E-state index < -0.39 is 0 Å². The summed E-state index contributed by atoms with van der Waals surface area (Å²) in [5.41, 5.74) is 1.82. The normalized spacial score (nSPS) is 12.7. The minimum Gasteiger partial charge on any atom is -0.309 e. The Morgan fingerprint density at radius 2 is 2.06 bits per heavy atom. The number of nitrogens with one attached hydrogen (secondary N) is 1. The second kappa shape index (κ2) is 5.82. The summed E-state index contributed by atoms with van der Waals surface area (Å²) in [6.07, 6.45) is 0. The highest BCUT2D eigenvalue weighted by Crippen LogP contribution is 2.37. The molecule has 1 atom stereocenters. The molecule has 1 heterocycles. The monoisotopic (exact) mass is 391 g/mol. The van der Waals surface area contributed by atoms with E-state index in [9.17, 15) is 4.39 Å². The van der Waals surface area contributed by atoms with Crippen molar-refractivity contribution in [2.24, 2.45) is 0 Å². The summed E-state index contributed by atoms with van der Waals surface area (Å²) in [6, 6.07) is 6.98. The second-order valence-electron chi connectivity index (χ2n) is 3.96. The maximum Gasteiger partial charge on any atom is 0.129 e. The SMILES string of the molecule is CNC(c1cc(C)c(Br)s1)c1c(F)cccc1Br. The number of benzene rings is 1. The molecule has 1 nitrogen and oxygen atoms in total. The Hall–Kier alpha value is -0.230.